The Morgan fingerprint density at radius 2 is 1.89 bits per heavy atom. The van der Waals surface area contributed by atoms with Crippen molar-refractivity contribution >= 4 is 17.3 Å². The summed E-state index contributed by atoms with van der Waals surface area (Å²) < 4.78 is 9.35. The lowest BCUT2D eigenvalue weighted by Crippen LogP contribution is -2.40. The molecule has 10 nitrogen and oxygen atoms in total. The Morgan fingerprint density at radius 1 is 1.14 bits per heavy atom. The van der Waals surface area contributed by atoms with E-state index in [0.29, 0.717) is 29.5 Å². The Labute approximate surface area is 207 Å². The van der Waals surface area contributed by atoms with Gasteiger partial charge in [0.1, 0.15) is 11.7 Å². The van der Waals surface area contributed by atoms with E-state index >= 15 is 0 Å². The Morgan fingerprint density at radius 3 is 2.58 bits per heavy atom. The molecule has 1 aromatic carbocycles. The van der Waals surface area contributed by atoms with Gasteiger partial charge >= 0.3 is 0 Å². The molecule has 3 heterocycles. The molecule has 1 fully saturated rings. The van der Waals surface area contributed by atoms with Crippen molar-refractivity contribution in [3.05, 3.63) is 77.2 Å². The molecular formula is C26H25N7O3. The van der Waals surface area contributed by atoms with Gasteiger partial charge in [0.2, 0.25) is 5.88 Å². The summed E-state index contributed by atoms with van der Waals surface area (Å²) >= 11 is 0. The molecule has 0 spiro atoms. The minimum atomic E-state index is -0.580. The molecule has 182 valence electrons. The number of carbonyl (C=O) groups is 2. The number of rotatable bonds is 6. The summed E-state index contributed by atoms with van der Waals surface area (Å²) in [6.45, 7) is 1.84. The number of primary amides is 1. The van der Waals surface area contributed by atoms with E-state index in [9.17, 15) is 9.59 Å². The Kier molecular flexibility index (Phi) is 6.12. The number of hydrogen-bond donors (Lipinski definition) is 2. The first-order chi connectivity index (χ1) is 17.4. The average molecular weight is 484 g/mol. The van der Waals surface area contributed by atoms with Gasteiger partial charge in [0.15, 0.2) is 0 Å². The number of nitrogens with zero attached hydrogens (tertiary/aromatic N) is 5. The number of ether oxygens (including phenoxy) is 1. The number of nitrogens with one attached hydrogen (secondary N) is 1. The fourth-order valence-corrected chi connectivity index (χ4v) is 4.61. The van der Waals surface area contributed by atoms with Gasteiger partial charge < -0.3 is 15.8 Å². The number of nitrogens with two attached hydrogens (primary N) is 1. The third kappa shape index (κ3) is 4.38. The van der Waals surface area contributed by atoms with Crippen molar-refractivity contribution in [3.8, 4) is 17.6 Å². The van der Waals surface area contributed by atoms with E-state index in [1.165, 1.54) is 0 Å². The van der Waals surface area contributed by atoms with Gasteiger partial charge in [0.05, 0.1) is 40.3 Å². The fraction of sp³-hybridized carbons (Fsp3) is 0.269. The highest BCUT2D eigenvalue weighted by atomic mass is 16.5. The van der Waals surface area contributed by atoms with Crippen LogP contribution in [0.25, 0.3) is 11.2 Å². The summed E-state index contributed by atoms with van der Waals surface area (Å²) in [4.78, 5) is 25.0. The topological polar surface area (TPSA) is 140 Å². The summed E-state index contributed by atoms with van der Waals surface area (Å²) in [7, 11) is 0. The molecule has 4 aromatic rings. The number of fused-ring (bicyclic) bond motifs is 1. The van der Waals surface area contributed by atoms with Crippen molar-refractivity contribution in [3.63, 3.8) is 0 Å². The van der Waals surface area contributed by atoms with E-state index in [0.717, 1.165) is 24.2 Å². The van der Waals surface area contributed by atoms with Gasteiger partial charge in [-0.15, -0.1) is 5.10 Å². The van der Waals surface area contributed by atoms with Crippen LogP contribution < -0.4 is 15.8 Å². The smallest absolute Gasteiger partial charge is 0.256 e. The Balaban J connectivity index is 1.21. The molecule has 5 rings (SSSR count). The maximum atomic E-state index is 13.0. The van der Waals surface area contributed by atoms with Crippen LogP contribution in [0.3, 0.4) is 0 Å². The van der Waals surface area contributed by atoms with Crippen molar-refractivity contribution in [2.24, 2.45) is 5.73 Å². The minimum absolute atomic E-state index is 0.00620. The van der Waals surface area contributed by atoms with Crippen LogP contribution >= 0.6 is 0 Å². The molecule has 1 aliphatic rings. The molecule has 0 radical (unpaired) electrons. The number of hydrogen-bond acceptors (Lipinski definition) is 6. The van der Waals surface area contributed by atoms with Crippen LogP contribution in [0, 0.1) is 18.3 Å². The van der Waals surface area contributed by atoms with E-state index in [2.05, 4.69) is 21.6 Å². The first-order valence-corrected chi connectivity index (χ1v) is 11.7. The zero-order valence-corrected chi connectivity index (χ0v) is 19.7. The van der Waals surface area contributed by atoms with Gasteiger partial charge in [-0.1, -0.05) is 6.07 Å². The van der Waals surface area contributed by atoms with Gasteiger partial charge in [-0.3, -0.25) is 9.59 Å². The first-order valence-electron chi connectivity index (χ1n) is 11.7. The molecule has 3 aromatic heterocycles. The summed E-state index contributed by atoms with van der Waals surface area (Å²) in [6, 6.07) is 14.5. The van der Waals surface area contributed by atoms with E-state index in [-0.39, 0.29) is 29.5 Å². The van der Waals surface area contributed by atoms with Crippen molar-refractivity contribution in [2.75, 3.05) is 0 Å². The fourth-order valence-electron chi connectivity index (χ4n) is 4.61. The van der Waals surface area contributed by atoms with Crippen LogP contribution in [0.15, 0.2) is 54.9 Å². The molecule has 0 unspecified atom stereocenters. The van der Waals surface area contributed by atoms with E-state index in [1.54, 1.807) is 51.9 Å². The highest BCUT2D eigenvalue weighted by Gasteiger charge is 2.28. The van der Waals surface area contributed by atoms with Gasteiger partial charge in [0, 0.05) is 12.2 Å². The molecule has 0 atom stereocenters. The standard InChI is InChI=1S/C26H25N7O3/c1-16-21(15-29-33(16)19-9-5-17(14-27)6-10-19)25(35)30-18-7-11-20(12-8-18)36-26-23(24(28)34)22-4-2-3-13-32(22)31-26/h2-6,9-10,13,15,18,20H,7-8,11-12H2,1H3,(H2,28,34)(H,30,35). The number of carbonyl (C=O) groups excluding carboxylic acids is 2. The second-order valence-electron chi connectivity index (χ2n) is 8.85. The molecule has 3 N–H and O–H groups in total. The van der Waals surface area contributed by atoms with Gasteiger partial charge in [-0.05, 0) is 69.0 Å². The van der Waals surface area contributed by atoms with Crippen molar-refractivity contribution in [2.45, 2.75) is 44.8 Å². The van der Waals surface area contributed by atoms with E-state index in [1.807, 2.05) is 19.1 Å². The summed E-state index contributed by atoms with van der Waals surface area (Å²) in [6.07, 6.45) is 6.07. The van der Waals surface area contributed by atoms with E-state index < -0.39 is 5.91 Å². The summed E-state index contributed by atoms with van der Waals surface area (Å²) in [5.74, 6) is -0.510. The summed E-state index contributed by atoms with van der Waals surface area (Å²) in [5.41, 5.74) is 9.05. The monoisotopic (exact) mass is 483 g/mol. The quantitative estimate of drug-likeness (QED) is 0.432. The third-order valence-electron chi connectivity index (χ3n) is 6.54. The van der Waals surface area contributed by atoms with Gasteiger partial charge in [0.25, 0.3) is 11.8 Å². The number of benzene rings is 1. The van der Waals surface area contributed by atoms with Gasteiger partial charge in [-0.25, -0.2) is 9.20 Å². The average Bonchev–Trinajstić information content (AvgIpc) is 3.45. The molecule has 1 aliphatic carbocycles. The van der Waals surface area contributed by atoms with Crippen LogP contribution in [-0.4, -0.2) is 43.4 Å². The molecular weight excluding hydrogens is 458 g/mol. The Bertz CT molecular complexity index is 1470. The predicted molar refractivity (Wildman–Crippen MR) is 131 cm³/mol. The molecule has 0 saturated heterocycles. The molecule has 0 bridgehead atoms. The van der Waals surface area contributed by atoms with Crippen molar-refractivity contribution < 1.29 is 14.3 Å². The lowest BCUT2D eigenvalue weighted by molar-refractivity contribution is 0.0881. The zero-order chi connectivity index (χ0) is 25.2. The van der Waals surface area contributed by atoms with Crippen LogP contribution in [0.2, 0.25) is 0 Å². The largest absolute Gasteiger partial charge is 0.473 e. The second kappa shape index (κ2) is 9.54. The predicted octanol–water partition coefficient (Wildman–Crippen LogP) is 2.92. The molecule has 1 saturated carbocycles. The van der Waals surface area contributed by atoms with Crippen LogP contribution in [0.5, 0.6) is 5.88 Å². The number of amides is 2. The molecule has 36 heavy (non-hydrogen) atoms. The highest BCUT2D eigenvalue weighted by Crippen LogP contribution is 2.28. The van der Waals surface area contributed by atoms with Crippen LogP contribution in [0.1, 0.15) is 57.7 Å². The van der Waals surface area contributed by atoms with Crippen LogP contribution in [-0.2, 0) is 0 Å². The maximum Gasteiger partial charge on any atom is 0.256 e. The highest BCUT2D eigenvalue weighted by molar-refractivity contribution is 6.02. The molecule has 10 heteroatoms. The summed E-state index contributed by atoms with van der Waals surface area (Å²) in [5, 5.41) is 20.8. The van der Waals surface area contributed by atoms with Gasteiger partial charge in [-0.2, -0.15) is 10.4 Å². The maximum absolute atomic E-state index is 13.0. The molecule has 2 amide bonds. The van der Waals surface area contributed by atoms with Crippen LogP contribution in [0.4, 0.5) is 0 Å². The molecule has 0 aliphatic heterocycles. The lowest BCUT2D eigenvalue weighted by atomic mass is 9.92. The first kappa shape index (κ1) is 23.1. The number of aromatic nitrogens is 4. The number of nitriles is 1. The minimum Gasteiger partial charge on any atom is -0.473 e. The lowest BCUT2D eigenvalue weighted by Gasteiger charge is -2.29. The number of pyridine rings is 1. The third-order valence-corrected chi connectivity index (χ3v) is 6.54. The zero-order valence-electron chi connectivity index (χ0n) is 19.7. The normalized spacial score (nSPS) is 17.4. The van der Waals surface area contributed by atoms with Crippen molar-refractivity contribution in [1.82, 2.24) is 24.7 Å². The van der Waals surface area contributed by atoms with E-state index in [4.69, 9.17) is 15.7 Å². The SMILES string of the molecule is Cc1c(C(=O)NC2CCC(Oc3nn4ccccc4c3C(N)=O)CC2)cnn1-c1ccc(C#N)cc1. The second-order valence-corrected chi connectivity index (χ2v) is 8.85. The Hall–Kier alpha value is -4.65. The van der Waals surface area contributed by atoms with Crippen molar-refractivity contribution in [1.29, 1.82) is 5.26 Å².